The van der Waals surface area contributed by atoms with E-state index in [1.165, 1.54) is 48.5 Å². The molecule has 0 aliphatic rings. The third-order valence-corrected chi connectivity index (χ3v) is 11.1. The summed E-state index contributed by atoms with van der Waals surface area (Å²) in [7, 11) is 0. The molecule has 8 rings (SSSR count). The largest absolute Gasteiger partial charge is 0.580 e. The second-order valence-electron chi connectivity index (χ2n) is 15.0. The summed E-state index contributed by atoms with van der Waals surface area (Å²) in [5.41, 5.74) is 5.23. The summed E-state index contributed by atoms with van der Waals surface area (Å²) in [6.45, 7) is 11.3. The predicted octanol–water partition coefficient (Wildman–Crippen LogP) is 12.1. The van der Waals surface area contributed by atoms with E-state index in [4.69, 9.17) is 9.47 Å². The Morgan fingerprint density at radius 2 is 0.919 bits per heavy atom. The van der Waals surface area contributed by atoms with Crippen molar-refractivity contribution in [3.8, 4) is 56.6 Å². The quantitative estimate of drug-likeness (QED) is 0.0810. The number of aromatic hydroxyl groups is 4. The van der Waals surface area contributed by atoms with Crippen molar-refractivity contribution in [3.63, 3.8) is 0 Å². The zero-order valence-corrected chi connectivity index (χ0v) is 38.1. The number of aliphatic hydroxyl groups is 2. The molecule has 8 nitrogen and oxygen atoms in total. The van der Waals surface area contributed by atoms with E-state index < -0.39 is 35.5 Å². The van der Waals surface area contributed by atoms with E-state index in [9.17, 15) is 19.0 Å². The van der Waals surface area contributed by atoms with Crippen molar-refractivity contribution in [2.75, 3.05) is 0 Å². The zero-order valence-electron chi connectivity index (χ0n) is 35.7. The Bertz CT molecular complexity index is 2750. The molecule has 320 valence electrons. The molecule has 0 aliphatic heterocycles. The maximum absolute atomic E-state index is 15.5. The van der Waals surface area contributed by atoms with Crippen LogP contribution in [0.4, 0.5) is 17.6 Å². The molecule has 4 heterocycles. The van der Waals surface area contributed by atoms with E-state index in [1.54, 1.807) is 33.7 Å². The fourth-order valence-electron chi connectivity index (χ4n) is 8.04. The molecule has 0 saturated heterocycles. The number of ether oxygens (including phenoxy) is 2. The van der Waals surface area contributed by atoms with Gasteiger partial charge in [0.1, 0.15) is 52.5 Å². The summed E-state index contributed by atoms with van der Waals surface area (Å²) in [5.74, 6) is -2.39. The third kappa shape index (κ3) is 8.47. The topological polar surface area (TPSA) is 102 Å². The summed E-state index contributed by atoms with van der Waals surface area (Å²) >= 11 is 0. The first-order valence-corrected chi connectivity index (χ1v) is 19.1. The SMILES string of the molecule is Cc1c(C)n(-c2cc(F)cc(-c3cc(F)ccc3[OH+][C@H](C)C[C@H](C)[OH+]c3ccc(F)cc3-c3cc(F)cc(-n4c(C)c(C)c5cccnc54)c3O)c2O)c2ncccc12.[CH3-].[CH3-].[Zr]. The standard InChI is InChI=1S/C47H40F4N4O4.2CH3.Zr/c1-24(58-42-13-11-30(48)18-36(42)38-20-32(50)22-40(44(38)56)54-28(5)26(3)34-9-7-15-52-46(34)54)17-25(2)59-43-14-12-31(49)19-37(43)39-21-33(51)23-41(45(39)57)55-29(6)27(4)35-10-8-16-53-47(35)55;;;/h7-16,18-25,56-57H,17H2,1-6H3;2*1H3;/q;2*-1;/p+2/t24-,25+;;;. The number of phenolic OH excluding ortho intramolecular Hbond substituents is 2. The molecule has 0 amide bonds. The molecule has 4 aromatic carbocycles. The van der Waals surface area contributed by atoms with Crippen molar-refractivity contribution in [1.29, 1.82) is 0 Å². The van der Waals surface area contributed by atoms with E-state index in [0.29, 0.717) is 29.2 Å². The summed E-state index contributed by atoms with van der Waals surface area (Å²) in [6, 6.07) is 20.0. The number of fused-ring (bicyclic) bond motifs is 2. The first-order valence-electron chi connectivity index (χ1n) is 19.1. The van der Waals surface area contributed by atoms with E-state index in [2.05, 4.69) is 9.97 Å². The van der Waals surface area contributed by atoms with Gasteiger partial charge in [-0.2, -0.15) is 0 Å². The number of phenols is 2. The van der Waals surface area contributed by atoms with Crippen LogP contribution in [0.3, 0.4) is 0 Å². The Morgan fingerprint density at radius 1 is 0.548 bits per heavy atom. The second-order valence-corrected chi connectivity index (χ2v) is 15.0. The van der Waals surface area contributed by atoms with Crippen LogP contribution in [0.15, 0.2) is 97.3 Å². The molecule has 0 saturated carbocycles. The van der Waals surface area contributed by atoms with Crippen molar-refractivity contribution < 1.29 is 63.5 Å². The van der Waals surface area contributed by atoms with Gasteiger partial charge in [0.05, 0.1) is 22.5 Å². The fourth-order valence-corrected chi connectivity index (χ4v) is 8.04. The fraction of sp³-hybridized carbons (Fsp3) is 0.184. The van der Waals surface area contributed by atoms with Crippen LogP contribution in [-0.2, 0) is 26.2 Å². The average molecular weight is 924 g/mol. The zero-order chi connectivity index (χ0) is 41.9. The summed E-state index contributed by atoms with van der Waals surface area (Å²) in [6.07, 6.45) is 2.73. The van der Waals surface area contributed by atoms with E-state index >= 15 is 8.78 Å². The Balaban J connectivity index is 0.00000242. The van der Waals surface area contributed by atoms with Gasteiger partial charge in [-0.05, 0) is 99.5 Å². The molecule has 0 fully saturated rings. The van der Waals surface area contributed by atoms with Crippen molar-refractivity contribution in [2.45, 2.75) is 60.2 Å². The molecule has 4 aromatic heterocycles. The van der Waals surface area contributed by atoms with Crippen molar-refractivity contribution in [3.05, 3.63) is 158 Å². The van der Waals surface area contributed by atoms with Gasteiger partial charge in [0.25, 0.3) is 11.5 Å². The summed E-state index contributed by atoms with van der Waals surface area (Å²) < 4.78 is 73.8. The van der Waals surface area contributed by atoms with Crippen LogP contribution >= 0.6 is 0 Å². The number of benzene rings is 4. The second kappa shape index (κ2) is 18.6. The molecule has 13 heteroatoms. The average Bonchev–Trinajstić information content (AvgIpc) is 3.61. The Hall–Kier alpha value is -5.94. The Kier molecular flexibility index (Phi) is 14.1. The van der Waals surface area contributed by atoms with Gasteiger partial charge in [-0.3, -0.25) is 9.13 Å². The minimum absolute atomic E-state index is 0. The van der Waals surface area contributed by atoms with E-state index in [-0.39, 0.29) is 86.2 Å². The van der Waals surface area contributed by atoms with Crippen LogP contribution in [0.5, 0.6) is 23.0 Å². The molecule has 0 spiro atoms. The van der Waals surface area contributed by atoms with Gasteiger partial charge >= 0.3 is 0 Å². The Labute approximate surface area is 377 Å². The molecule has 0 aliphatic carbocycles. The maximum Gasteiger partial charge on any atom is 0.263 e. The minimum atomic E-state index is -0.645. The number of aryl methyl sites for hydroxylation is 2. The maximum atomic E-state index is 15.5. The molecule has 8 aromatic rings. The number of aromatic nitrogens is 4. The van der Waals surface area contributed by atoms with Crippen LogP contribution in [0.25, 0.3) is 55.7 Å². The van der Waals surface area contributed by atoms with Gasteiger partial charge in [-0.25, -0.2) is 27.5 Å². The van der Waals surface area contributed by atoms with Gasteiger partial charge < -0.3 is 34.5 Å². The summed E-state index contributed by atoms with van der Waals surface area (Å²) in [5, 5.41) is 25.2. The van der Waals surface area contributed by atoms with Crippen molar-refractivity contribution in [1.82, 2.24) is 19.1 Å². The van der Waals surface area contributed by atoms with Gasteiger partial charge in [0, 0.05) is 110 Å². The molecule has 0 bridgehead atoms. The number of halogens is 4. The molecular weight excluding hydrogens is 876 g/mol. The predicted molar refractivity (Wildman–Crippen MR) is 235 cm³/mol. The van der Waals surface area contributed by atoms with Crippen molar-refractivity contribution in [2.24, 2.45) is 0 Å². The minimum Gasteiger partial charge on any atom is -0.580 e. The Morgan fingerprint density at radius 3 is 1.31 bits per heavy atom. The van der Waals surface area contributed by atoms with Crippen LogP contribution < -0.4 is 0 Å². The normalized spacial score (nSPS) is 12.0. The van der Waals surface area contributed by atoms with Crippen LogP contribution in [0, 0.1) is 65.8 Å². The number of nitrogens with zero attached hydrogens (tertiary/aromatic N) is 4. The molecule has 62 heavy (non-hydrogen) atoms. The molecule has 0 radical (unpaired) electrons. The van der Waals surface area contributed by atoms with Crippen molar-refractivity contribution >= 4 is 22.1 Å². The number of rotatable bonds is 10. The van der Waals surface area contributed by atoms with E-state index in [0.717, 1.165) is 45.4 Å². The first-order chi connectivity index (χ1) is 28.2. The van der Waals surface area contributed by atoms with Crippen LogP contribution in [0.2, 0.25) is 0 Å². The summed E-state index contributed by atoms with van der Waals surface area (Å²) in [4.78, 5) is 8.99. The van der Waals surface area contributed by atoms with Gasteiger partial charge in [-0.15, -0.1) is 0 Å². The molecule has 0 unspecified atom stereocenters. The first kappa shape index (κ1) is 47.1. The van der Waals surface area contributed by atoms with Gasteiger partial charge in [-0.1, -0.05) is 0 Å². The number of hydrogen-bond donors (Lipinski definition) is 2. The van der Waals surface area contributed by atoms with Gasteiger partial charge in [0.2, 0.25) is 0 Å². The van der Waals surface area contributed by atoms with Gasteiger partial charge in [0.15, 0.2) is 12.2 Å². The van der Waals surface area contributed by atoms with E-state index in [1.807, 2.05) is 53.7 Å². The monoisotopic (exact) mass is 922 g/mol. The molecule has 2 atom stereocenters. The molecular formula is C49H48F4N4O4Zr. The van der Waals surface area contributed by atoms with Crippen LogP contribution in [0.1, 0.15) is 42.8 Å². The third-order valence-electron chi connectivity index (χ3n) is 11.1. The van der Waals surface area contributed by atoms with Crippen LogP contribution in [-0.4, -0.2) is 51.0 Å². The molecule has 4 N–H and O–H groups in total. The number of pyridine rings is 2. The number of hydrogen-bond acceptors (Lipinski definition) is 4. The smallest absolute Gasteiger partial charge is 0.263 e.